The van der Waals surface area contributed by atoms with Crippen LogP contribution in [0.5, 0.6) is 0 Å². The predicted octanol–water partition coefficient (Wildman–Crippen LogP) is 2.83. The zero-order valence-electron chi connectivity index (χ0n) is 8.69. The van der Waals surface area contributed by atoms with Crippen LogP contribution in [0, 0.1) is 5.92 Å². The Bertz CT molecular complexity index is 312. The Morgan fingerprint density at radius 1 is 1.40 bits per heavy atom. The van der Waals surface area contributed by atoms with E-state index < -0.39 is 0 Å². The third kappa shape index (κ3) is 3.18. The largest absolute Gasteiger partial charge is 0.393 e. The second-order valence-electron chi connectivity index (χ2n) is 4.38. The van der Waals surface area contributed by atoms with E-state index in [1.807, 2.05) is 18.3 Å². The molecule has 0 saturated heterocycles. The zero-order valence-corrected chi connectivity index (χ0v) is 9.45. The molecule has 15 heavy (non-hydrogen) atoms. The van der Waals surface area contributed by atoms with E-state index in [0.717, 1.165) is 25.7 Å². The van der Waals surface area contributed by atoms with Crippen molar-refractivity contribution in [3.8, 4) is 0 Å². The molecule has 0 aromatic carbocycles. The van der Waals surface area contributed by atoms with E-state index in [0.29, 0.717) is 11.1 Å². The minimum Gasteiger partial charge on any atom is -0.393 e. The molecule has 1 N–H and O–H groups in total. The summed E-state index contributed by atoms with van der Waals surface area (Å²) in [5, 5.41) is 10.1. The minimum atomic E-state index is -0.0935. The molecule has 1 aliphatic carbocycles. The van der Waals surface area contributed by atoms with Crippen molar-refractivity contribution in [2.45, 2.75) is 38.2 Å². The number of pyridine rings is 1. The van der Waals surface area contributed by atoms with Gasteiger partial charge in [0.2, 0.25) is 0 Å². The monoisotopic (exact) mass is 225 g/mol. The minimum absolute atomic E-state index is 0.0935. The number of aliphatic hydroxyl groups excluding tert-OH is 1. The molecule has 3 heteroatoms. The molecule has 2 rings (SSSR count). The summed E-state index contributed by atoms with van der Waals surface area (Å²) >= 11 is 5.73. The predicted molar refractivity (Wildman–Crippen MR) is 60.9 cm³/mol. The summed E-state index contributed by atoms with van der Waals surface area (Å²) in [6.07, 6.45) is 7.03. The van der Waals surface area contributed by atoms with E-state index in [2.05, 4.69) is 4.98 Å². The van der Waals surface area contributed by atoms with Crippen LogP contribution in [0.15, 0.2) is 18.3 Å². The van der Waals surface area contributed by atoms with Crippen LogP contribution in [0.3, 0.4) is 0 Å². The molecular weight excluding hydrogens is 210 g/mol. The third-order valence-corrected chi connectivity index (χ3v) is 3.29. The topological polar surface area (TPSA) is 33.1 Å². The molecule has 1 fully saturated rings. The normalized spacial score (nSPS) is 26.5. The van der Waals surface area contributed by atoms with E-state index in [1.165, 1.54) is 12.0 Å². The highest BCUT2D eigenvalue weighted by atomic mass is 35.5. The Kier molecular flexibility index (Phi) is 3.60. The number of hydrogen-bond acceptors (Lipinski definition) is 2. The van der Waals surface area contributed by atoms with Crippen LogP contribution in [0.25, 0.3) is 0 Å². The fourth-order valence-corrected chi connectivity index (χ4v) is 2.42. The summed E-state index contributed by atoms with van der Waals surface area (Å²) in [5.41, 5.74) is 1.22. The van der Waals surface area contributed by atoms with E-state index in [4.69, 9.17) is 11.6 Å². The molecule has 0 radical (unpaired) electrons. The summed E-state index contributed by atoms with van der Waals surface area (Å²) in [5.74, 6) is 0.608. The third-order valence-electron chi connectivity index (χ3n) is 3.07. The second kappa shape index (κ2) is 4.95. The van der Waals surface area contributed by atoms with Gasteiger partial charge in [-0.15, -0.1) is 0 Å². The maximum atomic E-state index is 9.56. The van der Waals surface area contributed by atoms with Gasteiger partial charge in [0.05, 0.1) is 6.10 Å². The van der Waals surface area contributed by atoms with Crippen molar-refractivity contribution >= 4 is 11.6 Å². The molecule has 2 unspecified atom stereocenters. The lowest BCUT2D eigenvalue weighted by atomic mass is 9.83. The van der Waals surface area contributed by atoms with Gasteiger partial charge < -0.3 is 5.11 Å². The highest BCUT2D eigenvalue weighted by Crippen LogP contribution is 2.27. The van der Waals surface area contributed by atoms with Crippen LogP contribution in [-0.4, -0.2) is 16.2 Å². The maximum Gasteiger partial charge on any atom is 0.129 e. The van der Waals surface area contributed by atoms with Crippen LogP contribution in [-0.2, 0) is 6.42 Å². The first-order valence-corrected chi connectivity index (χ1v) is 5.90. The summed E-state index contributed by atoms with van der Waals surface area (Å²) in [6, 6.07) is 3.85. The van der Waals surface area contributed by atoms with Gasteiger partial charge in [-0.1, -0.05) is 24.1 Å². The van der Waals surface area contributed by atoms with Gasteiger partial charge >= 0.3 is 0 Å². The van der Waals surface area contributed by atoms with Crippen LogP contribution in [0.4, 0.5) is 0 Å². The number of aromatic nitrogens is 1. The molecule has 0 spiro atoms. The summed E-state index contributed by atoms with van der Waals surface area (Å²) < 4.78 is 0. The number of halogens is 1. The van der Waals surface area contributed by atoms with Crippen molar-refractivity contribution in [1.29, 1.82) is 0 Å². The molecule has 2 nitrogen and oxygen atoms in total. The fraction of sp³-hybridized carbons (Fsp3) is 0.583. The Hall–Kier alpha value is -0.600. The Morgan fingerprint density at radius 3 is 2.93 bits per heavy atom. The van der Waals surface area contributed by atoms with Gasteiger partial charge in [0.1, 0.15) is 5.15 Å². The van der Waals surface area contributed by atoms with Crippen molar-refractivity contribution in [1.82, 2.24) is 4.98 Å². The highest BCUT2D eigenvalue weighted by Gasteiger charge is 2.20. The lowest BCUT2D eigenvalue weighted by Gasteiger charge is -2.25. The molecule has 82 valence electrons. The molecule has 0 amide bonds. The fourth-order valence-electron chi connectivity index (χ4n) is 2.31. The summed E-state index contributed by atoms with van der Waals surface area (Å²) in [4.78, 5) is 4.07. The van der Waals surface area contributed by atoms with Gasteiger partial charge in [-0.25, -0.2) is 4.98 Å². The Balaban J connectivity index is 1.93. The Labute approximate surface area is 95.3 Å². The molecule has 1 aliphatic rings. The molecule has 2 atom stereocenters. The van der Waals surface area contributed by atoms with Gasteiger partial charge in [-0.05, 0) is 43.2 Å². The van der Waals surface area contributed by atoms with Crippen LogP contribution < -0.4 is 0 Å². The van der Waals surface area contributed by atoms with Gasteiger partial charge in [0, 0.05) is 6.20 Å². The van der Waals surface area contributed by atoms with Gasteiger partial charge in [0.25, 0.3) is 0 Å². The first-order valence-electron chi connectivity index (χ1n) is 5.52. The zero-order chi connectivity index (χ0) is 10.7. The molecule has 0 bridgehead atoms. The highest BCUT2D eigenvalue weighted by molar-refractivity contribution is 6.29. The van der Waals surface area contributed by atoms with Crippen molar-refractivity contribution in [2.24, 2.45) is 5.92 Å². The molecule has 0 aliphatic heterocycles. The second-order valence-corrected chi connectivity index (χ2v) is 4.77. The number of rotatable bonds is 2. The number of hydrogen-bond donors (Lipinski definition) is 1. The SMILES string of the molecule is OC1CCCC(Cc2ccc(Cl)nc2)C1. The van der Waals surface area contributed by atoms with E-state index in [1.54, 1.807) is 0 Å². The Morgan fingerprint density at radius 2 is 2.27 bits per heavy atom. The van der Waals surface area contributed by atoms with Crippen molar-refractivity contribution in [2.75, 3.05) is 0 Å². The van der Waals surface area contributed by atoms with Crippen LogP contribution >= 0.6 is 11.6 Å². The average Bonchev–Trinajstić information content (AvgIpc) is 2.22. The summed E-state index contributed by atoms with van der Waals surface area (Å²) in [6.45, 7) is 0. The van der Waals surface area contributed by atoms with E-state index >= 15 is 0 Å². The number of aliphatic hydroxyl groups is 1. The number of nitrogens with zero attached hydrogens (tertiary/aromatic N) is 1. The lowest BCUT2D eigenvalue weighted by Crippen LogP contribution is -2.20. The quantitative estimate of drug-likeness (QED) is 0.786. The van der Waals surface area contributed by atoms with Crippen LogP contribution in [0.2, 0.25) is 5.15 Å². The first-order chi connectivity index (χ1) is 7.24. The maximum absolute atomic E-state index is 9.56. The van der Waals surface area contributed by atoms with Crippen molar-refractivity contribution in [3.05, 3.63) is 29.0 Å². The standard InChI is InChI=1S/C12H16ClNO/c13-12-5-4-10(8-14-12)6-9-2-1-3-11(15)7-9/h4-5,8-9,11,15H,1-3,6-7H2. The molecule has 1 saturated carbocycles. The molecular formula is C12H16ClNO. The summed E-state index contributed by atoms with van der Waals surface area (Å²) in [7, 11) is 0. The van der Waals surface area contributed by atoms with Gasteiger partial charge in [-0.3, -0.25) is 0 Å². The first kappa shape index (κ1) is 10.9. The molecule has 1 aromatic rings. The smallest absolute Gasteiger partial charge is 0.129 e. The van der Waals surface area contributed by atoms with E-state index in [9.17, 15) is 5.11 Å². The lowest BCUT2D eigenvalue weighted by molar-refractivity contribution is 0.101. The van der Waals surface area contributed by atoms with E-state index in [-0.39, 0.29) is 6.10 Å². The molecule has 1 aromatic heterocycles. The van der Waals surface area contributed by atoms with Crippen LogP contribution in [0.1, 0.15) is 31.2 Å². The van der Waals surface area contributed by atoms with Crippen molar-refractivity contribution in [3.63, 3.8) is 0 Å². The average molecular weight is 226 g/mol. The molecule has 1 heterocycles. The van der Waals surface area contributed by atoms with Crippen molar-refractivity contribution < 1.29 is 5.11 Å². The van der Waals surface area contributed by atoms with Gasteiger partial charge in [0.15, 0.2) is 0 Å². The van der Waals surface area contributed by atoms with Gasteiger partial charge in [-0.2, -0.15) is 0 Å².